The highest BCUT2D eigenvalue weighted by molar-refractivity contribution is 5.80. The predicted molar refractivity (Wildman–Crippen MR) is 61.0 cm³/mol. The average Bonchev–Trinajstić information content (AvgIpc) is 3.09. The first-order chi connectivity index (χ1) is 8.16. The number of nitrogens with one attached hydrogen (secondary N) is 1. The highest BCUT2D eigenvalue weighted by Gasteiger charge is 2.27. The molecule has 1 aromatic rings. The van der Waals surface area contributed by atoms with Crippen molar-refractivity contribution in [3.05, 3.63) is 30.1 Å². The van der Waals surface area contributed by atoms with E-state index in [1.54, 1.807) is 12.1 Å². The molecule has 0 aromatic heterocycles. The van der Waals surface area contributed by atoms with Crippen molar-refractivity contribution < 1.29 is 13.9 Å². The molecule has 1 amide bonds. The maximum absolute atomic E-state index is 13.3. The molecular weight excluding hydrogens is 223 g/mol. The van der Waals surface area contributed by atoms with Crippen molar-refractivity contribution in [1.82, 2.24) is 5.32 Å². The monoisotopic (exact) mass is 238 g/mol. The maximum Gasteiger partial charge on any atom is 0.238 e. The van der Waals surface area contributed by atoms with Crippen LogP contribution < -0.4 is 15.8 Å². The fourth-order valence-electron chi connectivity index (χ4n) is 1.48. The SMILES string of the molecule is NC(=O)C(COc1ccccc1F)NC1CC1. The minimum absolute atomic E-state index is 0.0484. The summed E-state index contributed by atoms with van der Waals surface area (Å²) in [4.78, 5) is 11.2. The van der Waals surface area contributed by atoms with Gasteiger partial charge in [0.2, 0.25) is 5.91 Å². The van der Waals surface area contributed by atoms with E-state index in [9.17, 15) is 9.18 Å². The second-order valence-corrected chi connectivity index (χ2v) is 4.14. The van der Waals surface area contributed by atoms with E-state index in [0.29, 0.717) is 6.04 Å². The minimum atomic E-state index is -0.567. The van der Waals surface area contributed by atoms with Crippen molar-refractivity contribution >= 4 is 5.91 Å². The fourth-order valence-corrected chi connectivity index (χ4v) is 1.48. The van der Waals surface area contributed by atoms with Crippen LogP contribution in [0.25, 0.3) is 0 Å². The molecule has 1 aliphatic rings. The molecular formula is C12H15FN2O2. The van der Waals surface area contributed by atoms with Crippen molar-refractivity contribution in [2.75, 3.05) is 6.61 Å². The number of ether oxygens (including phenoxy) is 1. The summed E-state index contributed by atoms with van der Waals surface area (Å²) in [5, 5.41) is 3.06. The molecule has 0 heterocycles. The Labute approximate surface area is 98.9 Å². The van der Waals surface area contributed by atoms with E-state index < -0.39 is 17.8 Å². The lowest BCUT2D eigenvalue weighted by atomic mass is 10.3. The van der Waals surface area contributed by atoms with Gasteiger partial charge >= 0.3 is 0 Å². The number of rotatable bonds is 6. The Kier molecular flexibility index (Phi) is 3.58. The molecule has 1 fully saturated rings. The summed E-state index contributed by atoms with van der Waals surface area (Å²) < 4.78 is 18.5. The lowest BCUT2D eigenvalue weighted by Crippen LogP contribution is -2.46. The summed E-state index contributed by atoms with van der Waals surface area (Å²) in [7, 11) is 0. The van der Waals surface area contributed by atoms with Crippen molar-refractivity contribution in [3.63, 3.8) is 0 Å². The molecule has 1 unspecified atom stereocenters. The second kappa shape index (κ2) is 5.14. The third kappa shape index (κ3) is 3.42. The summed E-state index contributed by atoms with van der Waals surface area (Å²) >= 11 is 0. The Balaban J connectivity index is 1.90. The van der Waals surface area contributed by atoms with E-state index >= 15 is 0 Å². The molecule has 3 N–H and O–H groups in total. The quantitative estimate of drug-likeness (QED) is 0.770. The van der Waals surface area contributed by atoms with Crippen LogP contribution in [0.5, 0.6) is 5.75 Å². The van der Waals surface area contributed by atoms with Crippen molar-refractivity contribution in [3.8, 4) is 5.75 Å². The highest BCUT2D eigenvalue weighted by atomic mass is 19.1. The number of primary amides is 1. The number of carbonyl (C=O) groups excluding carboxylic acids is 1. The van der Waals surface area contributed by atoms with Crippen LogP contribution >= 0.6 is 0 Å². The van der Waals surface area contributed by atoms with E-state index in [1.807, 2.05) is 0 Å². The summed E-state index contributed by atoms with van der Waals surface area (Å²) in [5.41, 5.74) is 5.24. The third-order valence-electron chi connectivity index (χ3n) is 2.60. The van der Waals surface area contributed by atoms with Crippen molar-refractivity contribution in [2.45, 2.75) is 24.9 Å². The number of benzene rings is 1. The minimum Gasteiger partial charge on any atom is -0.488 e. The zero-order valence-electron chi connectivity index (χ0n) is 9.36. The van der Waals surface area contributed by atoms with Gasteiger partial charge in [-0.1, -0.05) is 12.1 Å². The lowest BCUT2D eigenvalue weighted by molar-refractivity contribution is -0.120. The zero-order valence-corrected chi connectivity index (χ0v) is 9.36. The van der Waals surface area contributed by atoms with Gasteiger partial charge in [-0.25, -0.2) is 4.39 Å². The number of carbonyl (C=O) groups is 1. The zero-order chi connectivity index (χ0) is 12.3. The molecule has 1 saturated carbocycles. The van der Waals surface area contributed by atoms with Gasteiger partial charge < -0.3 is 15.8 Å². The average molecular weight is 238 g/mol. The lowest BCUT2D eigenvalue weighted by Gasteiger charge is -2.16. The molecule has 1 aromatic carbocycles. The predicted octanol–water partition coefficient (Wildman–Crippen LogP) is 0.810. The van der Waals surface area contributed by atoms with Crippen LogP contribution in [0.2, 0.25) is 0 Å². The van der Waals surface area contributed by atoms with E-state index in [4.69, 9.17) is 10.5 Å². The third-order valence-corrected chi connectivity index (χ3v) is 2.60. The van der Waals surface area contributed by atoms with E-state index in [2.05, 4.69) is 5.32 Å². The summed E-state index contributed by atoms with van der Waals surface area (Å²) in [6.45, 7) is 0.0484. The van der Waals surface area contributed by atoms with Gasteiger partial charge in [0.05, 0.1) is 0 Å². The molecule has 2 rings (SSSR count). The first-order valence-electron chi connectivity index (χ1n) is 5.59. The van der Waals surface area contributed by atoms with E-state index in [1.165, 1.54) is 12.1 Å². The Morgan fingerprint density at radius 3 is 2.82 bits per heavy atom. The topological polar surface area (TPSA) is 64.4 Å². The van der Waals surface area contributed by atoms with Crippen LogP contribution in [0.3, 0.4) is 0 Å². The molecule has 5 heteroatoms. The second-order valence-electron chi connectivity index (χ2n) is 4.14. The summed E-state index contributed by atoms with van der Waals surface area (Å²) in [5.74, 6) is -0.785. The first-order valence-corrected chi connectivity index (χ1v) is 5.59. The summed E-state index contributed by atoms with van der Waals surface area (Å²) in [6.07, 6.45) is 2.09. The van der Waals surface area contributed by atoms with Gasteiger partial charge in [-0.3, -0.25) is 4.79 Å². The summed E-state index contributed by atoms with van der Waals surface area (Å²) in [6, 6.07) is 5.86. The van der Waals surface area contributed by atoms with Gasteiger partial charge in [-0.15, -0.1) is 0 Å². The smallest absolute Gasteiger partial charge is 0.238 e. The number of hydrogen-bond donors (Lipinski definition) is 2. The van der Waals surface area contributed by atoms with Crippen molar-refractivity contribution in [1.29, 1.82) is 0 Å². The first kappa shape index (κ1) is 11.9. The normalized spacial score (nSPS) is 16.5. The van der Waals surface area contributed by atoms with Gasteiger partial charge in [-0.05, 0) is 25.0 Å². The van der Waals surface area contributed by atoms with Crippen LogP contribution in [0.1, 0.15) is 12.8 Å². The van der Waals surface area contributed by atoms with Crippen molar-refractivity contribution in [2.24, 2.45) is 5.73 Å². The molecule has 4 nitrogen and oxygen atoms in total. The van der Waals surface area contributed by atoms with Gasteiger partial charge in [0.25, 0.3) is 0 Å². The highest BCUT2D eigenvalue weighted by Crippen LogP contribution is 2.20. The largest absolute Gasteiger partial charge is 0.488 e. The number of para-hydroxylation sites is 1. The molecule has 0 spiro atoms. The fraction of sp³-hybridized carbons (Fsp3) is 0.417. The number of nitrogens with two attached hydrogens (primary N) is 1. The molecule has 92 valence electrons. The Bertz CT molecular complexity index is 407. The van der Waals surface area contributed by atoms with Crippen LogP contribution in [0.15, 0.2) is 24.3 Å². The molecule has 0 bridgehead atoms. The molecule has 17 heavy (non-hydrogen) atoms. The van der Waals surface area contributed by atoms with E-state index in [0.717, 1.165) is 12.8 Å². The van der Waals surface area contributed by atoms with Crippen LogP contribution in [0.4, 0.5) is 4.39 Å². The molecule has 0 radical (unpaired) electrons. The maximum atomic E-state index is 13.3. The van der Waals surface area contributed by atoms with Gasteiger partial charge in [0.15, 0.2) is 11.6 Å². The van der Waals surface area contributed by atoms with Crippen LogP contribution in [0, 0.1) is 5.82 Å². The van der Waals surface area contributed by atoms with E-state index in [-0.39, 0.29) is 12.4 Å². The Hall–Kier alpha value is -1.62. The molecule has 0 aliphatic heterocycles. The molecule has 1 aliphatic carbocycles. The molecule has 0 saturated heterocycles. The van der Waals surface area contributed by atoms with Gasteiger partial charge in [0.1, 0.15) is 12.6 Å². The Morgan fingerprint density at radius 2 is 2.24 bits per heavy atom. The number of halogens is 1. The Morgan fingerprint density at radius 1 is 1.53 bits per heavy atom. The number of amides is 1. The standard InChI is InChI=1S/C12H15FN2O2/c13-9-3-1-2-4-11(9)17-7-10(12(14)16)15-8-5-6-8/h1-4,8,10,15H,5-7H2,(H2,14,16). The van der Waals surface area contributed by atoms with Crippen LogP contribution in [-0.4, -0.2) is 24.6 Å². The molecule has 1 atom stereocenters. The van der Waals surface area contributed by atoms with Gasteiger partial charge in [0, 0.05) is 6.04 Å². The van der Waals surface area contributed by atoms with Crippen LogP contribution in [-0.2, 0) is 4.79 Å². The van der Waals surface area contributed by atoms with Gasteiger partial charge in [-0.2, -0.15) is 0 Å². The number of hydrogen-bond acceptors (Lipinski definition) is 3.